The number of aliphatic hydroxyl groups excluding tert-OH is 1. The molecule has 0 spiro atoms. The molecule has 0 unspecified atom stereocenters. The number of hydrogen-bond acceptors (Lipinski definition) is 4. The minimum Gasteiger partial charge on any atom is -0.385 e. The SMILES string of the molecule is C[C@]1(c2cccc3ccccc23)NC(=O)N(C[C@@H](O)C[NH+]2CCOCC2)C1=O. The molecule has 2 saturated heterocycles. The summed E-state index contributed by atoms with van der Waals surface area (Å²) in [5.41, 5.74) is -0.386. The van der Waals surface area contributed by atoms with Gasteiger partial charge in [-0.3, -0.25) is 9.69 Å². The highest BCUT2D eigenvalue weighted by Crippen LogP contribution is 2.33. The van der Waals surface area contributed by atoms with Crippen LogP contribution in [0.1, 0.15) is 12.5 Å². The van der Waals surface area contributed by atoms with E-state index >= 15 is 0 Å². The molecule has 2 aliphatic heterocycles. The van der Waals surface area contributed by atoms with Gasteiger partial charge < -0.3 is 20.1 Å². The lowest BCUT2D eigenvalue weighted by Gasteiger charge is -2.27. The maximum Gasteiger partial charge on any atom is 0.325 e. The maximum absolute atomic E-state index is 13.2. The molecule has 2 aromatic carbocycles. The molecule has 2 fully saturated rings. The van der Waals surface area contributed by atoms with Crippen LogP contribution < -0.4 is 10.2 Å². The summed E-state index contributed by atoms with van der Waals surface area (Å²) < 4.78 is 5.33. The summed E-state index contributed by atoms with van der Waals surface area (Å²) in [7, 11) is 0. The molecule has 0 radical (unpaired) electrons. The van der Waals surface area contributed by atoms with Gasteiger partial charge in [-0.25, -0.2) is 4.79 Å². The number of β-amino-alcohol motifs (C(OH)–C–C–N with tert-alkyl or cyclic N) is 1. The Hall–Kier alpha value is -2.48. The van der Waals surface area contributed by atoms with Gasteiger partial charge in [0, 0.05) is 0 Å². The lowest BCUT2D eigenvalue weighted by Crippen LogP contribution is -3.15. The third-order valence-corrected chi connectivity index (χ3v) is 5.72. The van der Waals surface area contributed by atoms with Crippen molar-refractivity contribution in [3.8, 4) is 0 Å². The van der Waals surface area contributed by atoms with Crippen molar-refractivity contribution in [3.05, 3.63) is 48.0 Å². The number of amides is 3. The van der Waals surface area contributed by atoms with Crippen LogP contribution in [0.25, 0.3) is 10.8 Å². The number of quaternary nitrogens is 1. The highest BCUT2D eigenvalue weighted by Gasteiger charge is 2.50. The summed E-state index contributed by atoms with van der Waals surface area (Å²) >= 11 is 0. The predicted molar refractivity (Wildman–Crippen MR) is 104 cm³/mol. The van der Waals surface area contributed by atoms with E-state index in [-0.39, 0.29) is 12.5 Å². The van der Waals surface area contributed by atoms with Crippen molar-refractivity contribution in [2.45, 2.75) is 18.6 Å². The molecule has 2 aromatic rings. The summed E-state index contributed by atoms with van der Waals surface area (Å²) in [6.45, 7) is 5.21. The molecule has 4 rings (SSSR count). The fourth-order valence-electron chi connectivity index (χ4n) is 4.18. The molecule has 2 heterocycles. The van der Waals surface area contributed by atoms with Crippen molar-refractivity contribution in [3.63, 3.8) is 0 Å². The van der Waals surface area contributed by atoms with Gasteiger partial charge in [-0.05, 0) is 23.3 Å². The molecule has 2 aliphatic rings. The monoisotopic (exact) mass is 384 g/mol. The second-order valence-corrected chi connectivity index (χ2v) is 7.72. The zero-order chi connectivity index (χ0) is 19.7. The average Bonchev–Trinajstić information content (AvgIpc) is 2.92. The zero-order valence-electron chi connectivity index (χ0n) is 16.0. The topological polar surface area (TPSA) is 83.3 Å². The Balaban J connectivity index is 1.54. The highest BCUT2D eigenvalue weighted by atomic mass is 16.5. The second-order valence-electron chi connectivity index (χ2n) is 7.72. The Labute approximate surface area is 163 Å². The van der Waals surface area contributed by atoms with Crippen LogP contribution in [0.2, 0.25) is 0 Å². The van der Waals surface area contributed by atoms with E-state index in [0.29, 0.717) is 19.8 Å². The maximum atomic E-state index is 13.2. The second kappa shape index (κ2) is 7.50. The van der Waals surface area contributed by atoms with Gasteiger partial charge in [0.25, 0.3) is 5.91 Å². The van der Waals surface area contributed by atoms with Gasteiger partial charge in [0.1, 0.15) is 31.3 Å². The highest BCUT2D eigenvalue weighted by molar-refractivity contribution is 6.09. The molecule has 28 heavy (non-hydrogen) atoms. The van der Waals surface area contributed by atoms with Crippen LogP contribution in [0.5, 0.6) is 0 Å². The van der Waals surface area contributed by atoms with Crippen molar-refractivity contribution in [1.29, 1.82) is 0 Å². The van der Waals surface area contributed by atoms with Gasteiger partial charge in [-0.2, -0.15) is 0 Å². The Morgan fingerprint density at radius 3 is 2.68 bits per heavy atom. The van der Waals surface area contributed by atoms with Crippen molar-refractivity contribution in [1.82, 2.24) is 10.2 Å². The van der Waals surface area contributed by atoms with Gasteiger partial charge in [0.05, 0.1) is 19.8 Å². The van der Waals surface area contributed by atoms with Crippen LogP contribution in [0, 0.1) is 0 Å². The van der Waals surface area contributed by atoms with E-state index in [2.05, 4.69) is 5.32 Å². The summed E-state index contributed by atoms with van der Waals surface area (Å²) in [4.78, 5) is 28.2. The molecule has 3 N–H and O–H groups in total. The number of hydrogen-bond donors (Lipinski definition) is 3. The summed E-state index contributed by atoms with van der Waals surface area (Å²) in [5, 5.41) is 15.3. The first kappa shape index (κ1) is 18.9. The number of imide groups is 1. The minimum atomic E-state index is -1.15. The standard InChI is InChI=1S/C21H25N3O4/c1-21(18-8-4-6-15-5-2-3-7-17(15)18)19(26)24(20(27)22-21)14-16(25)13-23-9-11-28-12-10-23/h2-8,16,25H,9-14H2,1H3,(H,22,27)/p+1/t16-,21+/m0/s1. The first-order chi connectivity index (χ1) is 13.5. The molecule has 0 saturated carbocycles. The molecule has 3 amide bonds. The van der Waals surface area contributed by atoms with Crippen LogP contribution in [-0.2, 0) is 15.1 Å². The molecule has 0 aliphatic carbocycles. The molecular weight excluding hydrogens is 358 g/mol. The minimum absolute atomic E-state index is 0.00458. The van der Waals surface area contributed by atoms with E-state index in [4.69, 9.17) is 4.74 Å². The quantitative estimate of drug-likeness (QED) is 0.628. The summed E-state index contributed by atoms with van der Waals surface area (Å²) in [5.74, 6) is -0.329. The van der Waals surface area contributed by atoms with E-state index in [1.54, 1.807) is 6.92 Å². The lowest BCUT2D eigenvalue weighted by atomic mass is 9.88. The van der Waals surface area contributed by atoms with E-state index < -0.39 is 17.7 Å². The van der Waals surface area contributed by atoms with Crippen LogP contribution in [0.3, 0.4) is 0 Å². The van der Waals surface area contributed by atoms with Gasteiger partial charge in [0.2, 0.25) is 0 Å². The number of nitrogens with zero attached hydrogens (tertiary/aromatic N) is 1. The van der Waals surface area contributed by atoms with E-state index in [1.165, 1.54) is 4.90 Å². The largest absolute Gasteiger partial charge is 0.385 e. The number of fused-ring (bicyclic) bond motifs is 1. The number of ether oxygens (including phenoxy) is 1. The molecule has 148 valence electrons. The number of nitrogens with one attached hydrogen (secondary N) is 2. The fourth-order valence-corrected chi connectivity index (χ4v) is 4.18. The predicted octanol–water partition coefficient (Wildman–Crippen LogP) is -0.117. The smallest absolute Gasteiger partial charge is 0.325 e. The van der Waals surface area contributed by atoms with Crippen LogP contribution in [0.15, 0.2) is 42.5 Å². The first-order valence-corrected chi connectivity index (χ1v) is 9.71. The van der Waals surface area contributed by atoms with Gasteiger partial charge in [0.15, 0.2) is 0 Å². The summed E-state index contributed by atoms with van der Waals surface area (Å²) in [6.07, 6.45) is -0.766. The van der Waals surface area contributed by atoms with Crippen LogP contribution >= 0.6 is 0 Å². The third kappa shape index (κ3) is 3.37. The van der Waals surface area contributed by atoms with Crippen molar-refractivity contribution in [2.75, 3.05) is 39.4 Å². The Bertz CT molecular complexity index is 891. The van der Waals surface area contributed by atoms with Gasteiger partial charge in [-0.15, -0.1) is 0 Å². The number of urea groups is 1. The number of benzene rings is 2. The van der Waals surface area contributed by atoms with Crippen molar-refractivity contribution >= 4 is 22.7 Å². The number of carbonyl (C=O) groups is 2. The third-order valence-electron chi connectivity index (χ3n) is 5.72. The first-order valence-electron chi connectivity index (χ1n) is 9.71. The summed E-state index contributed by atoms with van der Waals surface area (Å²) in [6, 6.07) is 13.1. The van der Waals surface area contributed by atoms with Gasteiger partial charge >= 0.3 is 6.03 Å². The number of morpholine rings is 1. The van der Waals surface area contributed by atoms with Crippen molar-refractivity contribution < 1.29 is 24.3 Å². The zero-order valence-corrected chi connectivity index (χ0v) is 16.0. The molecule has 7 heteroatoms. The molecule has 0 aromatic heterocycles. The lowest BCUT2D eigenvalue weighted by molar-refractivity contribution is -0.910. The number of carbonyl (C=O) groups excluding carboxylic acids is 2. The van der Waals surface area contributed by atoms with E-state index in [9.17, 15) is 14.7 Å². The van der Waals surface area contributed by atoms with Crippen molar-refractivity contribution in [2.24, 2.45) is 0 Å². The number of rotatable bonds is 5. The fraction of sp³-hybridized carbons (Fsp3) is 0.429. The van der Waals surface area contributed by atoms with E-state index in [1.807, 2.05) is 42.5 Å². The molecule has 0 bridgehead atoms. The van der Waals surface area contributed by atoms with E-state index in [0.717, 1.165) is 34.3 Å². The molecule has 2 atom stereocenters. The Morgan fingerprint density at radius 2 is 1.89 bits per heavy atom. The van der Waals surface area contributed by atoms with Gasteiger partial charge in [-0.1, -0.05) is 42.5 Å². The van der Waals surface area contributed by atoms with Crippen LogP contribution in [-0.4, -0.2) is 67.4 Å². The normalized spacial score (nSPS) is 24.6. The molecular formula is C21H26N3O4+. The number of aliphatic hydroxyl groups is 1. The average molecular weight is 384 g/mol. The Morgan fingerprint density at radius 1 is 1.18 bits per heavy atom. The molecule has 7 nitrogen and oxygen atoms in total. The Kier molecular flexibility index (Phi) is 5.05. The van der Waals surface area contributed by atoms with Crippen LogP contribution in [0.4, 0.5) is 4.79 Å².